The molecule has 9 nitrogen and oxygen atoms in total. The Kier molecular flexibility index (Phi) is 7.86. The molecule has 0 bridgehead atoms. The van der Waals surface area contributed by atoms with Crippen LogP contribution in [-0.4, -0.2) is 65.0 Å². The summed E-state index contributed by atoms with van der Waals surface area (Å²) in [6.07, 6.45) is 1.34. The Bertz CT molecular complexity index is 819. The number of hydrogen-bond donors (Lipinski definition) is 1. The van der Waals surface area contributed by atoms with Gasteiger partial charge in [-0.25, -0.2) is 4.79 Å². The van der Waals surface area contributed by atoms with Crippen molar-refractivity contribution in [3.8, 4) is 0 Å². The number of nitrogens with one attached hydrogen (secondary N) is 1. The molecule has 9 heteroatoms. The highest BCUT2D eigenvalue weighted by molar-refractivity contribution is 6.00. The molecule has 1 fully saturated rings. The monoisotopic (exact) mass is 434 g/mol. The number of amides is 2. The summed E-state index contributed by atoms with van der Waals surface area (Å²) in [5.41, 5.74) is 0.136. The number of hydrogen-bond acceptors (Lipinski definition) is 6. The van der Waals surface area contributed by atoms with Crippen LogP contribution in [0.25, 0.3) is 0 Å². The molecule has 172 valence electrons. The first kappa shape index (κ1) is 24.4. The maximum Gasteiger partial charge on any atom is 0.410 e. The number of benzene rings is 1. The Hall–Kier alpha value is -2.84. The maximum absolute atomic E-state index is 13.2. The molecule has 31 heavy (non-hydrogen) atoms. The molecule has 1 heterocycles. The summed E-state index contributed by atoms with van der Waals surface area (Å²) >= 11 is 0. The highest BCUT2D eigenvalue weighted by Crippen LogP contribution is 2.27. The molecule has 0 spiro atoms. The number of nitro benzene ring substituents is 1. The summed E-state index contributed by atoms with van der Waals surface area (Å²) in [5.74, 6) is -0.143. The molecule has 1 aliphatic heterocycles. The average Bonchev–Trinajstić information content (AvgIpc) is 2.69. The number of carbonyl (C=O) groups excluding carboxylic acids is 2. The van der Waals surface area contributed by atoms with Gasteiger partial charge in [0.1, 0.15) is 5.60 Å². The van der Waals surface area contributed by atoms with Crippen LogP contribution >= 0.6 is 0 Å². The summed E-state index contributed by atoms with van der Waals surface area (Å²) in [6, 6.07) is 4.21. The number of nitrogens with zero attached hydrogens (tertiary/aromatic N) is 3. The van der Waals surface area contributed by atoms with Crippen LogP contribution in [-0.2, 0) is 4.74 Å². The summed E-state index contributed by atoms with van der Waals surface area (Å²) in [5, 5.41) is 14.1. The Morgan fingerprint density at radius 3 is 2.58 bits per heavy atom. The van der Waals surface area contributed by atoms with Crippen LogP contribution < -0.4 is 5.32 Å². The standard InChI is InChI=1S/C22H34N4O5/c1-15(2)25(21(28)31-22(3,4)5)14-16-8-7-11-24(13-16)20(27)18-12-17(26(29)30)9-10-19(18)23-6/h9-10,12,15-16,23H,7-8,11,13-14H2,1-6H3. The lowest BCUT2D eigenvalue weighted by atomic mass is 9.96. The third-order valence-corrected chi connectivity index (χ3v) is 5.23. The molecule has 1 atom stereocenters. The molecule has 1 saturated heterocycles. The fraction of sp³-hybridized carbons (Fsp3) is 0.636. The normalized spacial score (nSPS) is 16.7. The molecular formula is C22H34N4O5. The van der Waals surface area contributed by atoms with Crippen molar-refractivity contribution >= 4 is 23.4 Å². The second-order valence-corrected chi connectivity index (χ2v) is 9.22. The Morgan fingerprint density at radius 1 is 1.35 bits per heavy atom. The molecule has 2 rings (SSSR count). The third-order valence-electron chi connectivity index (χ3n) is 5.23. The molecule has 2 amide bonds. The minimum Gasteiger partial charge on any atom is -0.444 e. The van der Waals surface area contributed by atoms with Crippen molar-refractivity contribution in [1.82, 2.24) is 9.80 Å². The molecule has 1 N–H and O–H groups in total. The Morgan fingerprint density at radius 2 is 2.03 bits per heavy atom. The number of carbonyl (C=O) groups is 2. The van der Waals surface area contributed by atoms with Gasteiger partial charge in [-0.1, -0.05) is 0 Å². The van der Waals surface area contributed by atoms with E-state index in [1.54, 1.807) is 22.9 Å². The van der Waals surface area contributed by atoms with Crippen LogP contribution in [0.5, 0.6) is 0 Å². The van der Waals surface area contributed by atoms with Crippen LogP contribution in [0.2, 0.25) is 0 Å². The number of ether oxygens (including phenoxy) is 1. The zero-order valence-electron chi connectivity index (χ0n) is 19.3. The predicted molar refractivity (Wildman–Crippen MR) is 119 cm³/mol. The van der Waals surface area contributed by atoms with Crippen molar-refractivity contribution in [3.63, 3.8) is 0 Å². The molecule has 0 aromatic heterocycles. The van der Waals surface area contributed by atoms with Crippen molar-refractivity contribution < 1.29 is 19.2 Å². The minimum atomic E-state index is -0.579. The molecular weight excluding hydrogens is 400 g/mol. The van der Waals surface area contributed by atoms with Crippen LogP contribution in [0.4, 0.5) is 16.2 Å². The Labute approximate surface area is 183 Å². The van der Waals surface area contributed by atoms with Gasteiger partial charge >= 0.3 is 6.09 Å². The van der Waals surface area contributed by atoms with Gasteiger partial charge in [0, 0.05) is 50.5 Å². The average molecular weight is 435 g/mol. The van der Waals surface area contributed by atoms with Gasteiger partial charge in [0.2, 0.25) is 0 Å². The van der Waals surface area contributed by atoms with Crippen LogP contribution in [0.15, 0.2) is 18.2 Å². The summed E-state index contributed by atoms with van der Waals surface area (Å²) in [4.78, 5) is 39.9. The molecule has 0 radical (unpaired) electrons. The van der Waals surface area contributed by atoms with Gasteiger partial charge < -0.3 is 19.9 Å². The second kappa shape index (κ2) is 9.98. The number of rotatable bonds is 6. The molecule has 0 saturated carbocycles. The van der Waals surface area contributed by atoms with Gasteiger partial charge in [-0.3, -0.25) is 14.9 Å². The van der Waals surface area contributed by atoms with Crippen molar-refractivity contribution in [1.29, 1.82) is 0 Å². The summed E-state index contributed by atoms with van der Waals surface area (Å²) < 4.78 is 5.55. The predicted octanol–water partition coefficient (Wildman–Crippen LogP) is 4.13. The van der Waals surface area contributed by atoms with E-state index in [9.17, 15) is 19.7 Å². The fourth-order valence-corrected chi connectivity index (χ4v) is 3.70. The van der Waals surface area contributed by atoms with E-state index in [1.165, 1.54) is 12.1 Å². The van der Waals surface area contributed by atoms with Gasteiger partial charge in [0.05, 0.1) is 10.5 Å². The maximum atomic E-state index is 13.2. The van der Waals surface area contributed by atoms with Crippen LogP contribution in [0.1, 0.15) is 57.8 Å². The van der Waals surface area contributed by atoms with E-state index in [4.69, 9.17) is 4.74 Å². The smallest absolute Gasteiger partial charge is 0.410 e. The first-order valence-corrected chi connectivity index (χ1v) is 10.7. The lowest BCUT2D eigenvalue weighted by Crippen LogP contribution is -2.48. The van der Waals surface area contributed by atoms with Gasteiger partial charge in [0.15, 0.2) is 0 Å². The lowest BCUT2D eigenvalue weighted by molar-refractivity contribution is -0.384. The number of anilines is 1. The van der Waals surface area contributed by atoms with E-state index in [-0.39, 0.29) is 35.2 Å². The first-order valence-electron chi connectivity index (χ1n) is 10.7. The quantitative estimate of drug-likeness (QED) is 0.533. The van der Waals surface area contributed by atoms with Crippen molar-refractivity contribution in [2.75, 3.05) is 32.0 Å². The van der Waals surface area contributed by atoms with E-state index in [0.29, 0.717) is 25.3 Å². The van der Waals surface area contributed by atoms with Gasteiger partial charge in [-0.05, 0) is 59.4 Å². The molecule has 1 aliphatic rings. The number of nitro groups is 1. The number of piperidine rings is 1. The van der Waals surface area contributed by atoms with E-state index in [1.807, 2.05) is 34.6 Å². The summed E-state index contributed by atoms with van der Waals surface area (Å²) in [6.45, 7) is 10.9. The third kappa shape index (κ3) is 6.57. The van der Waals surface area contributed by atoms with Crippen molar-refractivity contribution in [2.45, 2.75) is 59.1 Å². The van der Waals surface area contributed by atoms with Crippen LogP contribution in [0, 0.1) is 16.0 Å². The second-order valence-electron chi connectivity index (χ2n) is 9.22. The van der Waals surface area contributed by atoms with E-state index >= 15 is 0 Å². The van der Waals surface area contributed by atoms with Crippen molar-refractivity contribution in [2.24, 2.45) is 5.92 Å². The highest BCUT2D eigenvalue weighted by Gasteiger charge is 2.31. The minimum absolute atomic E-state index is 0.0337. The van der Waals surface area contributed by atoms with E-state index < -0.39 is 10.5 Å². The Balaban J connectivity index is 2.16. The van der Waals surface area contributed by atoms with Gasteiger partial charge in [0.25, 0.3) is 11.6 Å². The van der Waals surface area contributed by atoms with Crippen molar-refractivity contribution in [3.05, 3.63) is 33.9 Å². The molecule has 1 aromatic rings. The van der Waals surface area contributed by atoms with Crippen LogP contribution in [0.3, 0.4) is 0 Å². The van der Waals surface area contributed by atoms with E-state index in [2.05, 4.69) is 5.32 Å². The SMILES string of the molecule is CNc1ccc([N+](=O)[O-])cc1C(=O)N1CCCC(CN(C(=O)OC(C)(C)C)C(C)C)C1. The fourth-order valence-electron chi connectivity index (χ4n) is 3.70. The highest BCUT2D eigenvalue weighted by atomic mass is 16.6. The van der Waals surface area contributed by atoms with Gasteiger partial charge in [-0.2, -0.15) is 0 Å². The topological polar surface area (TPSA) is 105 Å². The molecule has 1 unspecified atom stereocenters. The largest absolute Gasteiger partial charge is 0.444 e. The first-order chi connectivity index (χ1) is 14.4. The summed E-state index contributed by atoms with van der Waals surface area (Å²) in [7, 11) is 1.68. The zero-order chi connectivity index (χ0) is 23.3. The van der Waals surface area contributed by atoms with E-state index in [0.717, 1.165) is 12.8 Å². The number of likely N-dealkylation sites (tertiary alicyclic amines) is 1. The van der Waals surface area contributed by atoms with Gasteiger partial charge in [-0.15, -0.1) is 0 Å². The molecule has 0 aliphatic carbocycles. The lowest BCUT2D eigenvalue weighted by Gasteiger charge is -2.37. The number of non-ortho nitro benzene ring substituents is 1. The molecule has 1 aromatic carbocycles. The zero-order valence-corrected chi connectivity index (χ0v) is 19.3.